The molecular formula is C22H14ClFN4O3. The van der Waals surface area contributed by atoms with Crippen LogP contribution in [0.2, 0.25) is 5.02 Å². The van der Waals surface area contributed by atoms with Crippen molar-refractivity contribution < 1.29 is 18.7 Å². The van der Waals surface area contributed by atoms with Gasteiger partial charge in [-0.2, -0.15) is 5.26 Å². The number of carbonyl (C=O) groups is 2. The standard InChI is InChI=1S/C22H14ClFN4O3/c1-27-16-5-3-2-4-12(16)22(21(27)30)13(9-25)19(26)28(17-10-31-20(29)18(17)22)11-6-7-15(24)14(23)8-11/h2-8H,10,26H2,1H3/t22-/m1/s1. The number of nitriles is 1. The minimum atomic E-state index is -1.71. The predicted molar refractivity (Wildman–Crippen MR) is 110 cm³/mol. The van der Waals surface area contributed by atoms with Gasteiger partial charge < -0.3 is 15.4 Å². The number of hydrogen-bond donors (Lipinski definition) is 1. The first kappa shape index (κ1) is 19.2. The molecule has 1 spiro atoms. The molecule has 2 N–H and O–H groups in total. The summed E-state index contributed by atoms with van der Waals surface area (Å²) in [5.74, 6) is -1.87. The number of carbonyl (C=O) groups excluding carboxylic acids is 2. The van der Waals surface area contributed by atoms with Gasteiger partial charge in [0.2, 0.25) is 5.91 Å². The molecule has 0 unspecified atom stereocenters. The van der Waals surface area contributed by atoms with Crippen molar-refractivity contribution in [3.05, 3.63) is 81.5 Å². The van der Waals surface area contributed by atoms with Crippen molar-refractivity contribution in [3.63, 3.8) is 0 Å². The third-order valence-electron chi connectivity index (χ3n) is 5.92. The Balaban J connectivity index is 1.87. The van der Waals surface area contributed by atoms with Crippen LogP contribution in [-0.4, -0.2) is 25.5 Å². The number of amides is 1. The van der Waals surface area contributed by atoms with Crippen molar-refractivity contribution in [2.75, 3.05) is 23.5 Å². The van der Waals surface area contributed by atoms with Gasteiger partial charge in [0, 0.05) is 24.0 Å². The molecule has 3 aliphatic rings. The zero-order chi connectivity index (χ0) is 22.1. The summed E-state index contributed by atoms with van der Waals surface area (Å²) in [4.78, 5) is 29.4. The monoisotopic (exact) mass is 436 g/mol. The van der Waals surface area contributed by atoms with Crippen LogP contribution in [0.3, 0.4) is 0 Å². The minimum absolute atomic E-state index is 0.0282. The summed E-state index contributed by atoms with van der Waals surface area (Å²) >= 11 is 5.95. The fourth-order valence-electron chi connectivity index (χ4n) is 4.62. The highest BCUT2D eigenvalue weighted by Gasteiger charge is 2.63. The summed E-state index contributed by atoms with van der Waals surface area (Å²) < 4.78 is 19.1. The number of anilines is 2. The number of nitrogens with two attached hydrogens (primary N) is 1. The first-order chi connectivity index (χ1) is 14.8. The van der Waals surface area contributed by atoms with E-state index in [4.69, 9.17) is 22.1 Å². The largest absolute Gasteiger partial charge is 0.456 e. The number of halogens is 2. The van der Waals surface area contributed by atoms with E-state index in [0.29, 0.717) is 22.6 Å². The summed E-state index contributed by atoms with van der Waals surface area (Å²) in [6.45, 7) is -0.163. The fraction of sp³-hybridized carbons (Fsp3) is 0.136. The third-order valence-corrected chi connectivity index (χ3v) is 6.21. The summed E-state index contributed by atoms with van der Waals surface area (Å²) in [5.41, 5.74) is 6.35. The number of hydrogen-bond acceptors (Lipinski definition) is 6. The summed E-state index contributed by atoms with van der Waals surface area (Å²) in [7, 11) is 1.58. The zero-order valence-electron chi connectivity index (χ0n) is 16.1. The molecular weight excluding hydrogens is 423 g/mol. The SMILES string of the molecule is CN1C(=O)[C@@]2(C(C#N)=C(N)N(c3ccc(F)c(Cl)c3)C3=C2C(=O)OC3)c2ccccc21. The van der Waals surface area contributed by atoms with E-state index in [1.165, 1.54) is 21.9 Å². The molecule has 154 valence electrons. The van der Waals surface area contributed by atoms with Crippen LogP contribution >= 0.6 is 11.6 Å². The van der Waals surface area contributed by atoms with E-state index in [-0.39, 0.29) is 28.6 Å². The van der Waals surface area contributed by atoms with Crippen molar-refractivity contribution >= 4 is 34.9 Å². The van der Waals surface area contributed by atoms with E-state index in [2.05, 4.69) is 6.07 Å². The Hall–Kier alpha value is -3.83. The second-order valence-electron chi connectivity index (χ2n) is 7.34. The van der Waals surface area contributed by atoms with E-state index >= 15 is 0 Å². The Morgan fingerprint density at radius 3 is 2.71 bits per heavy atom. The average molecular weight is 437 g/mol. The van der Waals surface area contributed by atoms with Gasteiger partial charge in [-0.15, -0.1) is 0 Å². The molecule has 3 heterocycles. The van der Waals surface area contributed by atoms with Crippen LogP contribution in [0.4, 0.5) is 15.8 Å². The lowest BCUT2D eigenvalue weighted by Crippen LogP contribution is -2.50. The molecule has 0 fully saturated rings. The number of rotatable bonds is 1. The third kappa shape index (κ3) is 2.21. The van der Waals surface area contributed by atoms with Crippen LogP contribution in [0.25, 0.3) is 0 Å². The van der Waals surface area contributed by atoms with E-state index in [1.54, 1.807) is 31.3 Å². The molecule has 0 aliphatic carbocycles. The molecule has 9 heteroatoms. The van der Waals surface area contributed by atoms with E-state index in [0.717, 1.165) is 6.07 Å². The maximum Gasteiger partial charge on any atom is 0.338 e. The smallest absolute Gasteiger partial charge is 0.338 e. The molecule has 0 bridgehead atoms. The summed E-state index contributed by atoms with van der Waals surface area (Å²) in [6, 6.07) is 12.9. The lowest BCUT2D eigenvalue weighted by Gasteiger charge is -2.38. The van der Waals surface area contributed by atoms with Crippen LogP contribution < -0.4 is 15.5 Å². The molecule has 0 aromatic heterocycles. The molecule has 2 aromatic carbocycles. The Morgan fingerprint density at radius 2 is 2.00 bits per heavy atom. The lowest BCUT2D eigenvalue weighted by atomic mass is 9.67. The molecule has 2 aromatic rings. The minimum Gasteiger partial charge on any atom is -0.456 e. The first-order valence-corrected chi connectivity index (χ1v) is 9.65. The Bertz CT molecular complexity index is 1310. The van der Waals surface area contributed by atoms with Crippen LogP contribution in [0.1, 0.15) is 5.56 Å². The van der Waals surface area contributed by atoms with Crippen molar-refractivity contribution in [1.82, 2.24) is 0 Å². The van der Waals surface area contributed by atoms with E-state index in [1.807, 2.05) is 0 Å². The van der Waals surface area contributed by atoms with E-state index < -0.39 is 23.1 Å². The number of ether oxygens (including phenoxy) is 1. The van der Waals surface area contributed by atoms with Crippen molar-refractivity contribution in [3.8, 4) is 6.07 Å². The van der Waals surface area contributed by atoms with Crippen molar-refractivity contribution in [1.29, 1.82) is 5.26 Å². The zero-order valence-corrected chi connectivity index (χ0v) is 16.9. The number of fused-ring (bicyclic) bond motifs is 3. The highest BCUT2D eigenvalue weighted by molar-refractivity contribution is 6.31. The topological polar surface area (TPSA) is 99.7 Å². The highest BCUT2D eigenvalue weighted by atomic mass is 35.5. The van der Waals surface area contributed by atoms with Gasteiger partial charge in [0.25, 0.3) is 0 Å². The summed E-state index contributed by atoms with van der Waals surface area (Å²) in [5, 5.41) is 9.99. The Morgan fingerprint density at radius 1 is 1.26 bits per heavy atom. The molecule has 1 atom stereocenters. The molecule has 0 radical (unpaired) electrons. The number of likely N-dealkylation sites (N-methyl/N-ethyl adjacent to an activating group) is 1. The number of nitrogens with zero attached hydrogens (tertiary/aromatic N) is 3. The lowest BCUT2D eigenvalue weighted by molar-refractivity contribution is -0.137. The second kappa shape index (κ2) is 6.33. The molecule has 5 rings (SSSR count). The maximum absolute atomic E-state index is 13.7. The number of benzene rings is 2. The predicted octanol–water partition coefficient (Wildman–Crippen LogP) is 2.72. The molecule has 1 amide bonds. The van der Waals surface area contributed by atoms with Crippen LogP contribution in [-0.2, 0) is 19.7 Å². The number of esters is 1. The van der Waals surface area contributed by atoms with Gasteiger partial charge in [-0.1, -0.05) is 29.8 Å². The molecule has 7 nitrogen and oxygen atoms in total. The molecule has 3 aliphatic heterocycles. The summed E-state index contributed by atoms with van der Waals surface area (Å²) in [6.07, 6.45) is 0. The van der Waals surface area contributed by atoms with Crippen molar-refractivity contribution in [2.45, 2.75) is 5.41 Å². The second-order valence-corrected chi connectivity index (χ2v) is 7.74. The highest BCUT2D eigenvalue weighted by Crippen LogP contribution is 2.55. The number of para-hydroxylation sites is 1. The molecule has 0 saturated heterocycles. The van der Waals surface area contributed by atoms with Gasteiger partial charge in [0.15, 0.2) is 0 Å². The van der Waals surface area contributed by atoms with Gasteiger partial charge in [0.05, 0.1) is 21.9 Å². The maximum atomic E-state index is 13.7. The normalized spacial score (nSPS) is 22.1. The van der Waals surface area contributed by atoms with Gasteiger partial charge in [-0.05, 0) is 24.3 Å². The van der Waals surface area contributed by atoms with Crippen molar-refractivity contribution in [2.24, 2.45) is 5.73 Å². The molecule has 0 saturated carbocycles. The van der Waals surface area contributed by atoms with Crippen LogP contribution in [0.5, 0.6) is 0 Å². The Labute approximate surface area is 181 Å². The fourth-order valence-corrected chi connectivity index (χ4v) is 4.79. The van der Waals surface area contributed by atoms with Gasteiger partial charge in [0.1, 0.15) is 29.7 Å². The van der Waals surface area contributed by atoms with Gasteiger partial charge in [-0.25, -0.2) is 9.18 Å². The average Bonchev–Trinajstić information content (AvgIpc) is 3.24. The van der Waals surface area contributed by atoms with Gasteiger partial charge in [-0.3, -0.25) is 9.69 Å². The van der Waals surface area contributed by atoms with Crippen LogP contribution in [0, 0.1) is 17.1 Å². The Kier molecular flexibility index (Phi) is 3.91. The first-order valence-electron chi connectivity index (χ1n) is 9.28. The van der Waals surface area contributed by atoms with Gasteiger partial charge >= 0.3 is 5.97 Å². The number of cyclic esters (lactones) is 1. The quantitative estimate of drug-likeness (QED) is 0.690. The van der Waals surface area contributed by atoms with E-state index in [9.17, 15) is 19.2 Å². The molecule has 31 heavy (non-hydrogen) atoms. The van der Waals surface area contributed by atoms with Crippen LogP contribution in [0.15, 0.2) is 65.1 Å².